The lowest BCUT2D eigenvalue weighted by molar-refractivity contribution is 0.0696. The van der Waals surface area contributed by atoms with E-state index in [1.54, 1.807) is 16.8 Å². The first-order valence-corrected chi connectivity index (χ1v) is 11.0. The molecule has 2 heterocycles. The molecule has 0 bridgehead atoms. The number of benzene rings is 2. The van der Waals surface area contributed by atoms with Crippen LogP contribution < -0.4 is 4.74 Å². The first-order valence-electron chi connectivity index (χ1n) is 10.1. The highest BCUT2D eigenvalue weighted by Gasteiger charge is 2.10. The lowest BCUT2D eigenvalue weighted by Gasteiger charge is -2.07. The molecule has 0 aliphatic heterocycles. The summed E-state index contributed by atoms with van der Waals surface area (Å²) in [5.74, 6) is -0.586. The van der Waals surface area contributed by atoms with Crippen LogP contribution in [0.15, 0.2) is 66.3 Å². The molecule has 2 aromatic carbocycles. The average molecular weight is 474 g/mol. The van der Waals surface area contributed by atoms with E-state index in [1.165, 1.54) is 35.9 Å². The van der Waals surface area contributed by atoms with Crippen LogP contribution in [0.3, 0.4) is 0 Å². The summed E-state index contributed by atoms with van der Waals surface area (Å²) in [6, 6.07) is 13.8. The molecule has 4 rings (SSSR count). The number of hydrogen-bond donors (Lipinski definition) is 1. The predicted octanol–water partition coefficient (Wildman–Crippen LogP) is 6.08. The molecule has 0 fully saturated rings. The number of halogens is 2. The standard InChI is InChI=1S/C21H16FN3O3S.C2H6.CH3F/c22-17-6-4-14(5-7-17)12-28-18-3-1-2-15(8-18)19-13-29-20(24-19)11-25-10-16(9-23-25)21(26)27;2*1-2/h1-10,13H,11-12H2,(H,26,27);1-2H3;1H3. The molecule has 1 N–H and O–H groups in total. The molecule has 33 heavy (non-hydrogen) atoms. The second kappa shape index (κ2) is 13.1. The Labute approximate surface area is 195 Å². The Balaban J connectivity index is 0.000000914. The Bertz CT molecular complexity index is 1140. The lowest BCUT2D eigenvalue weighted by Crippen LogP contribution is -2.00. The predicted molar refractivity (Wildman–Crippen MR) is 125 cm³/mol. The lowest BCUT2D eigenvalue weighted by atomic mass is 10.1. The van der Waals surface area contributed by atoms with Gasteiger partial charge in [0, 0.05) is 17.1 Å². The van der Waals surface area contributed by atoms with Gasteiger partial charge in [0.05, 0.1) is 31.2 Å². The van der Waals surface area contributed by atoms with E-state index < -0.39 is 5.97 Å². The molecule has 0 spiro atoms. The fraction of sp³-hybridized carbons (Fsp3) is 0.208. The van der Waals surface area contributed by atoms with Gasteiger partial charge in [-0.3, -0.25) is 9.07 Å². The average Bonchev–Trinajstić information content (AvgIpc) is 3.52. The molecule has 9 heteroatoms. The second-order valence-electron chi connectivity index (χ2n) is 6.30. The van der Waals surface area contributed by atoms with Gasteiger partial charge in [-0.25, -0.2) is 14.2 Å². The van der Waals surface area contributed by atoms with Crippen molar-refractivity contribution < 1.29 is 23.4 Å². The molecule has 6 nitrogen and oxygen atoms in total. The Morgan fingerprint density at radius 2 is 1.88 bits per heavy atom. The van der Waals surface area contributed by atoms with Gasteiger partial charge in [-0.2, -0.15) is 5.10 Å². The molecule has 0 amide bonds. The number of carboxylic acids is 1. The molecule has 0 saturated heterocycles. The first-order chi connectivity index (χ1) is 16.1. The minimum Gasteiger partial charge on any atom is -0.489 e. The van der Waals surface area contributed by atoms with Crippen molar-refractivity contribution in [2.24, 2.45) is 0 Å². The van der Waals surface area contributed by atoms with Gasteiger partial charge in [-0.05, 0) is 29.8 Å². The van der Waals surface area contributed by atoms with Gasteiger partial charge < -0.3 is 9.84 Å². The minimum absolute atomic E-state index is 0.146. The Hall–Kier alpha value is -3.59. The van der Waals surface area contributed by atoms with Crippen molar-refractivity contribution >= 4 is 17.3 Å². The summed E-state index contributed by atoms with van der Waals surface area (Å²) >= 11 is 1.48. The van der Waals surface area contributed by atoms with Crippen LogP contribution >= 0.6 is 11.3 Å². The normalized spacial score (nSPS) is 9.85. The number of carboxylic acid groups (broad SMARTS) is 1. The van der Waals surface area contributed by atoms with Gasteiger partial charge in [-0.15, -0.1) is 11.3 Å². The van der Waals surface area contributed by atoms with E-state index in [-0.39, 0.29) is 11.4 Å². The summed E-state index contributed by atoms with van der Waals surface area (Å²) in [6.07, 6.45) is 2.80. The molecule has 0 radical (unpaired) electrons. The number of alkyl halides is 1. The monoisotopic (exact) mass is 473 g/mol. The van der Waals surface area contributed by atoms with Crippen molar-refractivity contribution in [2.45, 2.75) is 27.0 Å². The third-order valence-electron chi connectivity index (χ3n) is 4.18. The first kappa shape index (κ1) is 25.7. The highest BCUT2D eigenvalue weighted by molar-refractivity contribution is 7.09. The number of carbonyl (C=O) groups is 1. The van der Waals surface area contributed by atoms with E-state index >= 15 is 0 Å². The second-order valence-corrected chi connectivity index (χ2v) is 7.24. The molecule has 0 aliphatic rings. The Morgan fingerprint density at radius 3 is 2.55 bits per heavy atom. The summed E-state index contributed by atoms with van der Waals surface area (Å²) in [4.78, 5) is 15.6. The minimum atomic E-state index is -1.01. The quantitative estimate of drug-likeness (QED) is 0.352. The van der Waals surface area contributed by atoms with Gasteiger partial charge in [-0.1, -0.05) is 38.1 Å². The van der Waals surface area contributed by atoms with E-state index in [0.717, 1.165) is 21.8 Å². The van der Waals surface area contributed by atoms with E-state index in [4.69, 9.17) is 9.84 Å². The van der Waals surface area contributed by atoms with Crippen LogP contribution in [-0.2, 0) is 13.2 Å². The number of thiazole rings is 1. The number of aromatic carboxylic acids is 1. The van der Waals surface area contributed by atoms with Crippen LogP contribution in [0.1, 0.15) is 34.8 Å². The summed E-state index contributed by atoms with van der Waals surface area (Å²) in [5.41, 5.74) is 2.75. The molecular weight excluding hydrogens is 448 g/mol. The topological polar surface area (TPSA) is 77.2 Å². The van der Waals surface area contributed by atoms with Gasteiger partial charge in [0.15, 0.2) is 0 Å². The van der Waals surface area contributed by atoms with Gasteiger partial charge >= 0.3 is 5.97 Å². The van der Waals surface area contributed by atoms with E-state index in [0.29, 0.717) is 26.1 Å². The van der Waals surface area contributed by atoms with Crippen molar-refractivity contribution in [1.29, 1.82) is 0 Å². The third kappa shape index (κ3) is 7.50. The van der Waals surface area contributed by atoms with E-state index in [2.05, 4.69) is 10.1 Å². The van der Waals surface area contributed by atoms with Gasteiger partial charge in [0.25, 0.3) is 0 Å². The van der Waals surface area contributed by atoms with Crippen LogP contribution in [0.5, 0.6) is 5.75 Å². The van der Waals surface area contributed by atoms with Crippen molar-refractivity contribution in [1.82, 2.24) is 14.8 Å². The zero-order chi connectivity index (χ0) is 24.2. The third-order valence-corrected chi connectivity index (χ3v) is 5.01. The molecule has 0 atom stereocenters. The molecule has 0 aliphatic carbocycles. The largest absolute Gasteiger partial charge is 0.489 e. The van der Waals surface area contributed by atoms with Crippen LogP contribution in [0.25, 0.3) is 11.3 Å². The highest BCUT2D eigenvalue weighted by Crippen LogP contribution is 2.26. The zero-order valence-corrected chi connectivity index (χ0v) is 19.4. The van der Waals surface area contributed by atoms with Crippen LogP contribution in [0, 0.1) is 5.82 Å². The highest BCUT2D eigenvalue weighted by atomic mass is 32.1. The summed E-state index contributed by atoms with van der Waals surface area (Å²) in [5, 5.41) is 15.8. The van der Waals surface area contributed by atoms with Crippen molar-refractivity contribution in [3.63, 3.8) is 0 Å². The maximum atomic E-state index is 13.0. The molecule has 4 aromatic rings. The number of aromatic nitrogens is 3. The summed E-state index contributed by atoms with van der Waals surface area (Å²) < 4.78 is 29.8. The maximum Gasteiger partial charge on any atom is 0.338 e. The number of nitrogens with zero attached hydrogens (tertiary/aromatic N) is 3. The van der Waals surface area contributed by atoms with E-state index in [1.807, 2.05) is 43.5 Å². The summed E-state index contributed by atoms with van der Waals surface area (Å²) in [6.45, 7) is 4.75. The molecule has 0 unspecified atom stereocenters. The number of rotatable bonds is 7. The number of ether oxygens (including phenoxy) is 1. The van der Waals surface area contributed by atoms with Crippen LogP contribution in [0.4, 0.5) is 8.78 Å². The fourth-order valence-corrected chi connectivity index (χ4v) is 3.50. The Morgan fingerprint density at radius 1 is 1.15 bits per heavy atom. The number of hydrogen-bond acceptors (Lipinski definition) is 5. The van der Waals surface area contributed by atoms with Crippen molar-refractivity contribution in [3.05, 3.63) is 88.3 Å². The van der Waals surface area contributed by atoms with E-state index in [9.17, 15) is 13.6 Å². The van der Waals surface area contributed by atoms with Crippen molar-refractivity contribution in [2.75, 3.05) is 7.18 Å². The van der Waals surface area contributed by atoms with Crippen LogP contribution in [-0.4, -0.2) is 33.0 Å². The molecule has 0 saturated carbocycles. The van der Waals surface area contributed by atoms with Crippen molar-refractivity contribution in [3.8, 4) is 17.0 Å². The van der Waals surface area contributed by atoms with Crippen LogP contribution in [0.2, 0.25) is 0 Å². The molecular formula is C24H25F2N3O3S. The van der Waals surface area contributed by atoms with Gasteiger partial charge in [0.1, 0.15) is 23.2 Å². The smallest absolute Gasteiger partial charge is 0.338 e. The Kier molecular flexibility index (Phi) is 10.2. The SMILES string of the molecule is CC.CF.O=C(O)c1cnn(Cc2nc(-c3cccc(OCc4ccc(F)cc4)c3)cs2)c1. The fourth-order valence-electron chi connectivity index (χ4n) is 2.71. The molecule has 174 valence electrons. The summed E-state index contributed by atoms with van der Waals surface area (Å²) in [7, 11) is 0.500. The maximum absolute atomic E-state index is 13.0. The zero-order valence-electron chi connectivity index (χ0n) is 18.5. The molecule has 2 aromatic heterocycles. The van der Waals surface area contributed by atoms with Gasteiger partial charge in [0.2, 0.25) is 0 Å².